The van der Waals surface area contributed by atoms with E-state index in [1.54, 1.807) is 6.92 Å². The lowest BCUT2D eigenvalue weighted by Crippen LogP contribution is -2.06. The number of amides is 1. The van der Waals surface area contributed by atoms with Crippen molar-refractivity contribution in [1.82, 2.24) is 0 Å². The zero-order chi connectivity index (χ0) is 15.5. The number of benzene rings is 2. The number of rotatable bonds is 3. The van der Waals surface area contributed by atoms with Crippen molar-refractivity contribution in [3.63, 3.8) is 0 Å². The van der Waals surface area contributed by atoms with E-state index in [2.05, 4.69) is 5.32 Å². The number of carbonyl (C=O) groups excluding carboxylic acids is 2. The lowest BCUT2D eigenvalue weighted by atomic mass is 10.0. The summed E-state index contributed by atoms with van der Waals surface area (Å²) in [6.45, 7) is 1.76. The number of anilines is 1. The molecule has 1 aliphatic heterocycles. The zero-order valence-corrected chi connectivity index (χ0v) is 12.2. The Hall–Kier alpha value is -2.94. The van der Waals surface area contributed by atoms with E-state index in [-0.39, 0.29) is 11.7 Å². The van der Waals surface area contributed by atoms with Gasteiger partial charge in [0.2, 0.25) is 0 Å². The van der Waals surface area contributed by atoms with Gasteiger partial charge in [-0.25, -0.2) is 0 Å². The molecule has 22 heavy (non-hydrogen) atoms. The fourth-order valence-corrected chi connectivity index (χ4v) is 2.40. The molecule has 3 heteroatoms. The van der Waals surface area contributed by atoms with Crippen LogP contribution in [0.2, 0.25) is 0 Å². The van der Waals surface area contributed by atoms with Crippen molar-refractivity contribution in [2.24, 2.45) is 0 Å². The Balaban J connectivity index is 1.91. The maximum atomic E-state index is 12.3. The van der Waals surface area contributed by atoms with E-state index in [0.29, 0.717) is 11.1 Å². The van der Waals surface area contributed by atoms with E-state index < -0.39 is 0 Å². The largest absolute Gasteiger partial charge is 0.321 e. The third-order valence-electron chi connectivity index (χ3n) is 3.56. The van der Waals surface area contributed by atoms with Crippen LogP contribution in [0.25, 0.3) is 11.6 Å². The Labute approximate surface area is 129 Å². The van der Waals surface area contributed by atoms with Crippen LogP contribution in [0.5, 0.6) is 0 Å². The second-order valence-corrected chi connectivity index (χ2v) is 5.16. The Bertz CT molecular complexity index is 801. The number of ketones is 1. The van der Waals surface area contributed by atoms with Crippen LogP contribution in [-0.2, 0) is 9.59 Å². The minimum Gasteiger partial charge on any atom is -0.321 e. The van der Waals surface area contributed by atoms with Crippen LogP contribution in [0, 0.1) is 0 Å². The number of fused-ring (bicyclic) bond motifs is 1. The monoisotopic (exact) mass is 289 g/mol. The van der Waals surface area contributed by atoms with Gasteiger partial charge in [0.1, 0.15) is 0 Å². The molecule has 0 spiro atoms. The van der Waals surface area contributed by atoms with Crippen LogP contribution in [0.3, 0.4) is 0 Å². The first-order chi connectivity index (χ1) is 10.6. The van der Waals surface area contributed by atoms with Crippen molar-refractivity contribution in [1.29, 1.82) is 0 Å². The predicted molar refractivity (Wildman–Crippen MR) is 88.1 cm³/mol. The first kappa shape index (κ1) is 14.0. The van der Waals surface area contributed by atoms with E-state index >= 15 is 0 Å². The normalized spacial score (nSPS) is 15.6. The third kappa shape index (κ3) is 2.74. The van der Waals surface area contributed by atoms with Gasteiger partial charge in [0.15, 0.2) is 5.78 Å². The van der Waals surface area contributed by atoms with Gasteiger partial charge in [0.25, 0.3) is 5.91 Å². The minimum atomic E-state index is -0.234. The Kier molecular flexibility index (Phi) is 3.71. The van der Waals surface area contributed by atoms with Gasteiger partial charge in [0, 0.05) is 11.3 Å². The average Bonchev–Trinajstić information content (AvgIpc) is 2.84. The zero-order valence-electron chi connectivity index (χ0n) is 12.2. The van der Waals surface area contributed by atoms with Gasteiger partial charge < -0.3 is 5.32 Å². The van der Waals surface area contributed by atoms with E-state index in [1.165, 1.54) is 6.08 Å². The van der Waals surface area contributed by atoms with Gasteiger partial charge in [-0.3, -0.25) is 9.59 Å². The molecule has 108 valence electrons. The lowest BCUT2D eigenvalue weighted by molar-refractivity contribution is -0.112. The molecule has 0 aromatic heterocycles. The molecular weight excluding hydrogens is 274 g/mol. The maximum absolute atomic E-state index is 12.3. The summed E-state index contributed by atoms with van der Waals surface area (Å²) >= 11 is 0. The second kappa shape index (κ2) is 5.82. The number of carbonyl (C=O) groups is 2. The molecular formula is C19H15NO2. The molecule has 0 saturated heterocycles. The highest BCUT2D eigenvalue weighted by Gasteiger charge is 2.24. The summed E-state index contributed by atoms with van der Waals surface area (Å²) in [5.41, 5.74) is 3.49. The van der Waals surface area contributed by atoms with Crippen molar-refractivity contribution >= 4 is 29.0 Å². The maximum Gasteiger partial charge on any atom is 0.256 e. The van der Waals surface area contributed by atoms with Gasteiger partial charge >= 0.3 is 0 Å². The molecule has 1 aliphatic rings. The summed E-state index contributed by atoms with van der Waals surface area (Å²) in [6.07, 6.45) is 3.23. The number of para-hydroxylation sites is 1. The van der Waals surface area contributed by atoms with Crippen LogP contribution in [0.4, 0.5) is 5.69 Å². The Morgan fingerprint density at radius 3 is 2.45 bits per heavy atom. The quantitative estimate of drug-likeness (QED) is 0.876. The molecule has 0 fully saturated rings. The summed E-state index contributed by atoms with van der Waals surface area (Å²) < 4.78 is 0. The van der Waals surface area contributed by atoms with E-state index in [4.69, 9.17) is 0 Å². The topological polar surface area (TPSA) is 46.2 Å². The van der Waals surface area contributed by atoms with Gasteiger partial charge in [-0.2, -0.15) is 0 Å². The highest BCUT2D eigenvalue weighted by molar-refractivity contribution is 6.35. The third-order valence-corrected chi connectivity index (χ3v) is 3.56. The molecule has 0 bridgehead atoms. The Morgan fingerprint density at radius 2 is 1.68 bits per heavy atom. The first-order valence-corrected chi connectivity index (χ1v) is 7.05. The smallest absolute Gasteiger partial charge is 0.256 e. The number of hydrogen-bond acceptors (Lipinski definition) is 2. The predicted octanol–water partition coefficient (Wildman–Crippen LogP) is 3.69. The summed E-state index contributed by atoms with van der Waals surface area (Å²) in [5, 5.41) is 2.76. The van der Waals surface area contributed by atoms with Gasteiger partial charge in [0.05, 0.1) is 5.57 Å². The van der Waals surface area contributed by atoms with Crippen molar-refractivity contribution in [3.8, 4) is 0 Å². The van der Waals surface area contributed by atoms with Crippen molar-refractivity contribution in [2.45, 2.75) is 6.92 Å². The molecule has 3 nitrogen and oxygen atoms in total. The molecule has 1 amide bonds. The highest BCUT2D eigenvalue weighted by atomic mass is 16.2. The summed E-state index contributed by atoms with van der Waals surface area (Å²) in [6, 6.07) is 17.0. The van der Waals surface area contributed by atoms with E-state index in [0.717, 1.165) is 16.8 Å². The fourth-order valence-electron chi connectivity index (χ4n) is 2.40. The molecule has 0 unspecified atom stereocenters. The molecule has 2 aromatic carbocycles. The standard InChI is InChI=1S/C19H15NO2/c1-13(11-14-7-3-2-4-8-14)18(21)12-16-15-9-5-6-10-17(15)20-19(16)22/h2-12H,1H3,(H,20,22)/b13-11+,16-12+. The molecule has 2 aromatic rings. The van der Waals surface area contributed by atoms with Crippen molar-refractivity contribution in [3.05, 3.63) is 77.4 Å². The molecule has 1 N–H and O–H groups in total. The second-order valence-electron chi connectivity index (χ2n) is 5.16. The molecule has 0 atom stereocenters. The summed E-state index contributed by atoms with van der Waals surface area (Å²) in [4.78, 5) is 24.3. The van der Waals surface area contributed by atoms with Gasteiger partial charge in [-0.05, 0) is 36.3 Å². The van der Waals surface area contributed by atoms with E-state index in [1.807, 2.05) is 60.7 Å². The van der Waals surface area contributed by atoms with Crippen LogP contribution in [0.15, 0.2) is 66.2 Å². The SMILES string of the molecule is C/C(=C\c1ccccc1)C(=O)/C=C1/C(=O)Nc2ccccc21. The minimum absolute atomic E-state index is 0.161. The van der Waals surface area contributed by atoms with E-state index in [9.17, 15) is 9.59 Å². The lowest BCUT2D eigenvalue weighted by Gasteiger charge is -1.99. The number of allylic oxidation sites excluding steroid dienone is 2. The van der Waals surface area contributed by atoms with Gasteiger partial charge in [-0.15, -0.1) is 0 Å². The number of hydrogen-bond donors (Lipinski definition) is 1. The van der Waals surface area contributed by atoms with Crippen LogP contribution >= 0.6 is 0 Å². The highest BCUT2D eigenvalue weighted by Crippen LogP contribution is 2.31. The van der Waals surface area contributed by atoms with Crippen molar-refractivity contribution in [2.75, 3.05) is 5.32 Å². The number of nitrogens with one attached hydrogen (secondary N) is 1. The molecule has 0 aliphatic carbocycles. The molecule has 0 saturated carbocycles. The van der Waals surface area contributed by atoms with Crippen LogP contribution < -0.4 is 5.32 Å². The molecule has 3 rings (SSSR count). The first-order valence-electron chi connectivity index (χ1n) is 7.05. The molecule has 1 heterocycles. The van der Waals surface area contributed by atoms with Crippen LogP contribution in [0.1, 0.15) is 18.1 Å². The van der Waals surface area contributed by atoms with Gasteiger partial charge in [-0.1, -0.05) is 48.5 Å². The van der Waals surface area contributed by atoms with Crippen molar-refractivity contribution < 1.29 is 9.59 Å². The Morgan fingerprint density at radius 1 is 1.00 bits per heavy atom. The summed E-state index contributed by atoms with van der Waals surface area (Å²) in [7, 11) is 0. The average molecular weight is 289 g/mol. The molecule has 0 radical (unpaired) electrons. The van der Waals surface area contributed by atoms with Crippen LogP contribution in [-0.4, -0.2) is 11.7 Å². The summed E-state index contributed by atoms with van der Waals surface area (Å²) in [5.74, 6) is -0.396. The fraction of sp³-hybridized carbons (Fsp3) is 0.0526.